The molecule has 58 heavy (non-hydrogen) atoms. The van der Waals surface area contributed by atoms with Gasteiger partial charge in [0, 0.05) is 6.42 Å². The molecule has 0 heterocycles. The summed E-state index contributed by atoms with van der Waals surface area (Å²) >= 11 is 3.53. The van der Waals surface area contributed by atoms with E-state index in [0.29, 0.717) is 34.8 Å². The van der Waals surface area contributed by atoms with Crippen molar-refractivity contribution in [2.45, 2.75) is 129 Å². The summed E-state index contributed by atoms with van der Waals surface area (Å²) in [4.78, 5) is 0. The highest BCUT2D eigenvalue weighted by Crippen LogP contribution is 2.63. The van der Waals surface area contributed by atoms with Crippen molar-refractivity contribution < 1.29 is 49.9 Å². The maximum Gasteiger partial charge on any atom is 0.478 e. The number of halogens is 5. The SMILES string of the molecule is CCC(C)(C)CC[C@@H]1Cc2cc(OCOP(=O)(OCc3ccccc3)OCc3ccccc3)ccc2C2CCC3(C)C(O)CCC3C21.FC(F)(F)C(F)(F)CCCS. The largest absolute Gasteiger partial charge is 0.478 e. The van der Waals surface area contributed by atoms with Crippen molar-refractivity contribution in [1.29, 1.82) is 0 Å². The predicted molar refractivity (Wildman–Crippen MR) is 220 cm³/mol. The van der Waals surface area contributed by atoms with Gasteiger partial charge < -0.3 is 9.84 Å². The fourth-order valence-corrected chi connectivity index (χ4v) is 10.2. The molecule has 0 radical (unpaired) electrons. The highest BCUT2D eigenvalue weighted by molar-refractivity contribution is 7.80. The number of rotatable bonds is 17. The Hall–Kier alpha value is -2.47. The second-order valence-electron chi connectivity index (χ2n) is 17.2. The van der Waals surface area contributed by atoms with Crippen molar-refractivity contribution in [3.63, 3.8) is 0 Å². The zero-order chi connectivity index (χ0) is 42.2. The molecule has 0 aromatic heterocycles. The summed E-state index contributed by atoms with van der Waals surface area (Å²) in [6.07, 6.45) is 1.88. The van der Waals surface area contributed by atoms with Crippen LogP contribution in [0.15, 0.2) is 78.9 Å². The molecular formula is C45H60F5O6PS. The first-order valence-electron chi connectivity index (χ1n) is 20.5. The topological polar surface area (TPSA) is 74.2 Å². The Morgan fingerprint density at radius 2 is 1.48 bits per heavy atom. The molecule has 0 spiro atoms. The molecule has 0 aliphatic heterocycles. The summed E-state index contributed by atoms with van der Waals surface area (Å²) in [6.45, 7) is 9.39. The summed E-state index contributed by atoms with van der Waals surface area (Å²) in [5, 5.41) is 11.0. The molecule has 0 amide bonds. The quantitative estimate of drug-likeness (QED) is 0.0610. The Balaban J connectivity index is 0.000000510. The van der Waals surface area contributed by atoms with E-state index in [1.165, 1.54) is 30.4 Å². The van der Waals surface area contributed by atoms with Gasteiger partial charge >= 0.3 is 19.9 Å². The molecular weight excluding hydrogens is 795 g/mol. The van der Waals surface area contributed by atoms with Crippen LogP contribution < -0.4 is 4.74 Å². The number of phosphoric acid groups is 1. The number of benzene rings is 3. The van der Waals surface area contributed by atoms with E-state index in [9.17, 15) is 31.6 Å². The van der Waals surface area contributed by atoms with Gasteiger partial charge in [0.1, 0.15) is 5.75 Å². The van der Waals surface area contributed by atoms with Crippen LogP contribution >= 0.6 is 20.5 Å². The van der Waals surface area contributed by atoms with E-state index >= 15 is 0 Å². The lowest BCUT2D eigenvalue weighted by Gasteiger charge is -2.53. The van der Waals surface area contributed by atoms with E-state index < -0.39 is 26.3 Å². The predicted octanol–water partition coefficient (Wildman–Crippen LogP) is 13.1. The number of aliphatic hydroxyl groups excluding tert-OH is 1. The highest BCUT2D eigenvalue weighted by atomic mass is 32.1. The van der Waals surface area contributed by atoms with Gasteiger partial charge in [-0.25, -0.2) is 9.09 Å². The Labute approximate surface area is 346 Å². The van der Waals surface area contributed by atoms with E-state index in [-0.39, 0.29) is 43.7 Å². The lowest BCUT2D eigenvalue weighted by atomic mass is 9.52. The van der Waals surface area contributed by atoms with Crippen LogP contribution in [0.5, 0.6) is 5.75 Å². The van der Waals surface area contributed by atoms with Crippen LogP contribution in [0, 0.1) is 28.6 Å². The van der Waals surface area contributed by atoms with E-state index in [1.807, 2.05) is 66.7 Å². The molecule has 2 saturated carbocycles. The molecule has 6 rings (SSSR count). The number of fused-ring (bicyclic) bond motifs is 5. The Kier molecular flexibility index (Phi) is 16.0. The van der Waals surface area contributed by atoms with Gasteiger partial charge in [0.2, 0.25) is 0 Å². The van der Waals surface area contributed by atoms with Crippen LogP contribution in [0.3, 0.4) is 0 Å². The zero-order valence-electron chi connectivity index (χ0n) is 34.1. The summed E-state index contributed by atoms with van der Waals surface area (Å²) in [6, 6.07) is 25.6. The van der Waals surface area contributed by atoms with Gasteiger partial charge in [-0.05, 0) is 126 Å². The number of ether oxygens (including phenoxy) is 1. The van der Waals surface area contributed by atoms with E-state index in [4.69, 9.17) is 18.3 Å². The maximum atomic E-state index is 13.7. The van der Waals surface area contributed by atoms with Crippen LogP contribution in [-0.4, -0.2) is 35.9 Å². The molecule has 0 saturated heterocycles. The summed E-state index contributed by atoms with van der Waals surface area (Å²) in [7, 11) is -3.94. The third-order valence-electron chi connectivity index (χ3n) is 12.9. The van der Waals surface area contributed by atoms with Crippen LogP contribution in [-0.2, 0) is 37.8 Å². The second kappa shape index (κ2) is 19.9. The van der Waals surface area contributed by atoms with Gasteiger partial charge in [-0.3, -0.25) is 9.05 Å². The molecule has 2 fully saturated rings. The van der Waals surface area contributed by atoms with Crippen LogP contribution in [0.1, 0.15) is 114 Å². The maximum absolute atomic E-state index is 13.7. The second-order valence-corrected chi connectivity index (χ2v) is 19.3. The molecule has 1 N–H and O–H groups in total. The average molecular weight is 855 g/mol. The average Bonchev–Trinajstić information content (AvgIpc) is 3.51. The molecule has 322 valence electrons. The monoisotopic (exact) mass is 854 g/mol. The third-order valence-corrected chi connectivity index (χ3v) is 14.6. The first kappa shape index (κ1) is 46.6. The fraction of sp³-hybridized carbons (Fsp3) is 0.600. The van der Waals surface area contributed by atoms with Gasteiger partial charge in [0.05, 0.1) is 19.3 Å². The van der Waals surface area contributed by atoms with Crippen LogP contribution in [0.4, 0.5) is 22.0 Å². The Bertz CT molecular complexity index is 1730. The number of alkyl halides is 5. The zero-order valence-corrected chi connectivity index (χ0v) is 35.9. The molecule has 3 aliphatic rings. The number of aliphatic hydroxyl groups is 1. The minimum absolute atomic E-state index is 0.0334. The van der Waals surface area contributed by atoms with Gasteiger partial charge in [0.15, 0.2) is 6.79 Å². The number of phosphoric ester groups is 1. The highest BCUT2D eigenvalue weighted by Gasteiger charge is 2.57. The third kappa shape index (κ3) is 11.9. The van der Waals surface area contributed by atoms with Crippen molar-refractivity contribution in [3.05, 3.63) is 101 Å². The fourth-order valence-electron chi connectivity index (χ4n) is 9.03. The molecule has 6 nitrogen and oxygen atoms in total. The standard InChI is InChI=1S/C40H53O6P.C5H7F5S/c1-5-39(2,3)22-20-31-24-32-25-33(16-17-34(32)35-21-23-40(4)36(38(31)35)18-19-37(40)41)43-28-46-47(42,44-26-29-12-8-6-9-13-29)45-27-30-14-10-7-11-15-30;6-4(7,2-1-3-11)5(8,9)10/h6-17,25,31,35-38,41H,5,18-24,26-28H2,1-4H3;11H,1-3H2/t31-,35?,36?,37?,38?,40?;/m1./s1. The summed E-state index contributed by atoms with van der Waals surface area (Å²) in [5.74, 6) is -1.55. The Morgan fingerprint density at radius 1 is 0.862 bits per heavy atom. The van der Waals surface area contributed by atoms with E-state index in [0.717, 1.165) is 43.2 Å². The normalized spacial score (nSPS) is 24.6. The van der Waals surface area contributed by atoms with Crippen LogP contribution in [0.25, 0.3) is 0 Å². The van der Waals surface area contributed by atoms with Crippen molar-refractivity contribution >= 4 is 20.5 Å². The van der Waals surface area contributed by atoms with E-state index in [2.05, 4.69) is 52.5 Å². The van der Waals surface area contributed by atoms with Crippen molar-refractivity contribution in [2.24, 2.45) is 28.6 Å². The number of thiol groups is 1. The summed E-state index contributed by atoms with van der Waals surface area (Å²) < 4.78 is 95.2. The lowest BCUT2D eigenvalue weighted by Crippen LogP contribution is -2.47. The van der Waals surface area contributed by atoms with Crippen molar-refractivity contribution in [1.82, 2.24) is 0 Å². The summed E-state index contributed by atoms with van der Waals surface area (Å²) in [5.41, 5.74) is 4.91. The van der Waals surface area contributed by atoms with E-state index in [1.54, 1.807) is 0 Å². The van der Waals surface area contributed by atoms with Crippen molar-refractivity contribution in [2.75, 3.05) is 12.5 Å². The molecule has 5 unspecified atom stereocenters. The van der Waals surface area contributed by atoms with Gasteiger partial charge in [-0.1, -0.05) is 101 Å². The van der Waals surface area contributed by atoms with Crippen LogP contribution in [0.2, 0.25) is 0 Å². The number of hydrogen-bond acceptors (Lipinski definition) is 7. The molecule has 0 bridgehead atoms. The number of hydrogen-bond donors (Lipinski definition) is 2. The van der Waals surface area contributed by atoms with Crippen molar-refractivity contribution in [3.8, 4) is 5.75 Å². The minimum atomic E-state index is -5.42. The first-order valence-corrected chi connectivity index (χ1v) is 22.6. The van der Waals surface area contributed by atoms with Gasteiger partial charge in [-0.15, -0.1) is 0 Å². The first-order chi connectivity index (χ1) is 27.4. The van der Waals surface area contributed by atoms with Gasteiger partial charge in [-0.2, -0.15) is 34.6 Å². The molecule has 3 aliphatic carbocycles. The molecule has 3 aromatic carbocycles. The molecule has 3 aromatic rings. The van der Waals surface area contributed by atoms with Gasteiger partial charge in [0.25, 0.3) is 0 Å². The molecule has 13 heteroatoms. The minimum Gasteiger partial charge on any atom is -0.467 e. The smallest absolute Gasteiger partial charge is 0.467 e. The molecule has 6 atom stereocenters. The lowest BCUT2D eigenvalue weighted by molar-refractivity contribution is -0.284. The Morgan fingerprint density at radius 3 is 2.05 bits per heavy atom.